The van der Waals surface area contributed by atoms with E-state index in [2.05, 4.69) is 0 Å². The Morgan fingerprint density at radius 1 is 0.857 bits per heavy atom. The number of rotatable bonds is 0. The Morgan fingerprint density at radius 2 is 1.57 bits per heavy atom. The van der Waals surface area contributed by atoms with Crippen LogP contribution in [0.5, 0.6) is 0 Å². The summed E-state index contributed by atoms with van der Waals surface area (Å²) < 4.78 is 0. The number of aliphatic hydroxyl groups is 1. The van der Waals surface area contributed by atoms with Crippen molar-refractivity contribution in [2.45, 2.75) is 63.9 Å². The molecule has 4 rings (SSSR count). The second kappa shape index (κ2) is 2.07. The van der Waals surface area contributed by atoms with E-state index in [1.807, 2.05) is 0 Å². The molecule has 4 aliphatic rings. The molecule has 2 atom stereocenters. The minimum atomic E-state index is 0.0778. The van der Waals surface area contributed by atoms with Gasteiger partial charge in [0.05, 0.1) is 6.10 Å². The molecule has 0 unspecified atom stereocenters. The van der Waals surface area contributed by atoms with Crippen molar-refractivity contribution < 1.29 is 5.11 Å². The maximum atomic E-state index is 10.1. The van der Waals surface area contributed by atoms with Crippen LogP contribution in [0.1, 0.15) is 57.8 Å². The molecule has 4 fully saturated rings. The second-order valence-corrected chi connectivity index (χ2v) is 6.45. The normalized spacial score (nSPS) is 50.8. The molecule has 0 aromatic carbocycles. The van der Waals surface area contributed by atoms with Crippen molar-refractivity contribution in [1.29, 1.82) is 0 Å². The predicted molar refractivity (Wildman–Crippen MR) is 54.9 cm³/mol. The maximum Gasteiger partial charge on any atom is 0.0607 e. The molecule has 3 spiro atoms. The summed E-state index contributed by atoms with van der Waals surface area (Å²) in [6, 6.07) is 0. The van der Waals surface area contributed by atoms with Gasteiger partial charge < -0.3 is 5.11 Å². The van der Waals surface area contributed by atoms with E-state index in [1.165, 1.54) is 51.4 Å². The zero-order chi connectivity index (χ0) is 9.44. The third-order valence-electron chi connectivity index (χ3n) is 6.73. The molecule has 1 N–H and O–H groups in total. The lowest BCUT2D eigenvalue weighted by molar-refractivity contribution is -0.347. The van der Waals surface area contributed by atoms with E-state index >= 15 is 0 Å². The Bertz CT molecular complexity index is 282. The zero-order valence-corrected chi connectivity index (χ0v) is 8.89. The van der Waals surface area contributed by atoms with E-state index in [0.717, 1.165) is 11.8 Å². The SMILES string of the molecule is O[C@H]1C[C@@]2(CCC23CCC3)C12CCC2. The smallest absolute Gasteiger partial charge is 0.0607 e. The van der Waals surface area contributed by atoms with Gasteiger partial charge in [0.1, 0.15) is 0 Å². The molecule has 1 heteroatoms. The van der Waals surface area contributed by atoms with Gasteiger partial charge in [-0.1, -0.05) is 12.8 Å². The lowest BCUT2D eigenvalue weighted by Crippen LogP contribution is -2.76. The highest BCUT2D eigenvalue weighted by Crippen LogP contribution is 2.84. The molecule has 4 saturated carbocycles. The lowest BCUT2D eigenvalue weighted by atomic mass is 9.24. The van der Waals surface area contributed by atoms with Gasteiger partial charge in [0.25, 0.3) is 0 Å². The number of fused-ring (bicyclic) bond motifs is 2. The highest BCUT2D eigenvalue weighted by Gasteiger charge is 2.78. The molecule has 78 valence electrons. The van der Waals surface area contributed by atoms with Crippen LogP contribution in [0.2, 0.25) is 0 Å². The molecule has 0 bridgehead atoms. The molecule has 4 aliphatic carbocycles. The molecule has 1 nitrogen and oxygen atoms in total. The lowest BCUT2D eigenvalue weighted by Gasteiger charge is -2.81. The maximum absolute atomic E-state index is 10.1. The first-order chi connectivity index (χ1) is 6.75. The minimum Gasteiger partial charge on any atom is -0.393 e. The van der Waals surface area contributed by atoms with Crippen molar-refractivity contribution in [3.8, 4) is 0 Å². The third kappa shape index (κ3) is 0.532. The van der Waals surface area contributed by atoms with E-state index in [0.29, 0.717) is 10.8 Å². The largest absolute Gasteiger partial charge is 0.393 e. The van der Waals surface area contributed by atoms with Crippen LogP contribution in [0.4, 0.5) is 0 Å². The fourth-order valence-electron chi connectivity index (χ4n) is 5.49. The summed E-state index contributed by atoms with van der Waals surface area (Å²) in [6.45, 7) is 0. The Hall–Kier alpha value is -0.0400. The van der Waals surface area contributed by atoms with Crippen LogP contribution >= 0.6 is 0 Å². The summed E-state index contributed by atoms with van der Waals surface area (Å²) in [5, 5.41) is 10.1. The van der Waals surface area contributed by atoms with Crippen LogP contribution in [0.25, 0.3) is 0 Å². The summed E-state index contributed by atoms with van der Waals surface area (Å²) in [5.74, 6) is 0. The molecule has 14 heavy (non-hydrogen) atoms. The van der Waals surface area contributed by atoms with Gasteiger partial charge in [0.2, 0.25) is 0 Å². The summed E-state index contributed by atoms with van der Waals surface area (Å²) in [4.78, 5) is 0. The Balaban J connectivity index is 1.71. The highest BCUT2D eigenvalue weighted by molar-refractivity contribution is 5.27. The van der Waals surface area contributed by atoms with E-state index < -0.39 is 0 Å². The first-order valence-corrected chi connectivity index (χ1v) is 6.43. The highest BCUT2D eigenvalue weighted by atomic mass is 16.3. The van der Waals surface area contributed by atoms with Gasteiger partial charge in [-0.2, -0.15) is 0 Å². The van der Waals surface area contributed by atoms with Gasteiger partial charge in [-0.25, -0.2) is 0 Å². The quantitative estimate of drug-likeness (QED) is 0.625. The van der Waals surface area contributed by atoms with Crippen LogP contribution in [-0.4, -0.2) is 11.2 Å². The molecule has 0 aromatic rings. The fraction of sp³-hybridized carbons (Fsp3) is 1.00. The second-order valence-electron chi connectivity index (χ2n) is 6.45. The number of hydrogen-bond donors (Lipinski definition) is 1. The first-order valence-electron chi connectivity index (χ1n) is 6.43. The van der Waals surface area contributed by atoms with Crippen LogP contribution in [0.3, 0.4) is 0 Å². The average molecular weight is 192 g/mol. The van der Waals surface area contributed by atoms with Crippen molar-refractivity contribution >= 4 is 0 Å². The monoisotopic (exact) mass is 192 g/mol. The van der Waals surface area contributed by atoms with Crippen LogP contribution in [-0.2, 0) is 0 Å². The molecule has 0 heterocycles. The average Bonchev–Trinajstić information content (AvgIpc) is 1.90. The van der Waals surface area contributed by atoms with Gasteiger partial charge >= 0.3 is 0 Å². The van der Waals surface area contributed by atoms with Crippen LogP contribution < -0.4 is 0 Å². The number of hydrogen-bond acceptors (Lipinski definition) is 1. The van der Waals surface area contributed by atoms with Gasteiger partial charge in [0, 0.05) is 5.41 Å². The van der Waals surface area contributed by atoms with Crippen molar-refractivity contribution in [3.63, 3.8) is 0 Å². The zero-order valence-electron chi connectivity index (χ0n) is 8.89. The van der Waals surface area contributed by atoms with Crippen molar-refractivity contribution in [3.05, 3.63) is 0 Å². The van der Waals surface area contributed by atoms with Crippen molar-refractivity contribution in [2.24, 2.45) is 16.2 Å². The van der Waals surface area contributed by atoms with Gasteiger partial charge in [0.15, 0.2) is 0 Å². The summed E-state index contributed by atoms with van der Waals surface area (Å²) >= 11 is 0. The van der Waals surface area contributed by atoms with Crippen molar-refractivity contribution in [2.75, 3.05) is 0 Å². The van der Waals surface area contributed by atoms with Crippen molar-refractivity contribution in [1.82, 2.24) is 0 Å². The Morgan fingerprint density at radius 3 is 1.86 bits per heavy atom. The van der Waals surface area contributed by atoms with E-state index in [9.17, 15) is 5.11 Å². The molecule has 0 radical (unpaired) electrons. The Labute approximate surface area is 85.9 Å². The van der Waals surface area contributed by atoms with E-state index in [4.69, 9.17) is 0 Å². The topological polar surface area (TPSA) is 20.2 Å². The fourth-order valence-corrected chi connectivity index (χ4v) is 5.49. The molecule has 0 saturated heterocycles. The van der Waals surface area contributed by atoms with Crippen LogP contribution in [0, 0.1) is 16.2 Å². The van der Waals surface area contributed by atoms with Gasteiger partial charge in [-0.05, 0) is 55.8 Å². The van der Waals surface area contributed by atoms with Gasteiger partial charge in [-0.15, -0.1) is 0 Å². The molecule has 0 aromatic heterocycles. The van der Waals surface area contributed by atoms with E-state index in [-0.39, 0.29) is 6.10 Å². The summed E-state index contributed by atoms with van der Waals surface area (Å²) in [6.07, 6.45) is 12.7. The minimum absolute atomic E-state index is 0.0778. The Kier molecular flexibility index (Phi) is 1.20. The number of aliphatic hydroxyl groups excluding tert-OH is 1. The van der Waals surface area contributed by atoms with Gasteiger partial charge in [-0.3, -0.25) is 0 Å². The molecular formula is C13H20O. The molecule has 0 aliphatic heterocycles. The summed E-state index contributed by atoms with van der Waals surface area (Å²) in [5.41, 5.74) is 1.83. The van der Waals surface area contributed by atoms with E-state index in [1.54, 1.807) is 0 Å². The van der Waals surface area contributed by atoms with Crippen LogP contribution in [0.15, 0.2) is 0 Å². The standard InChI is InChI=1S/C13H20O/c14-10-9-13(12(10)5-2-6-12)8-7-11(13)3-1-4-11/h10,14H,1-9H2/t10-,13+/m0/s1. The third-order valence-corrected chi connectivity index (χ3v) is 6.73. The first kappa shape index (κ1) is 8.15. The molecular weight excluding hydrogens is 172 g/mol. The predicted octanol–water partition coefficient (Wildman–Crippen LogP) is 2.87. The summed E-state index contributed by atoms with van der Waals surface area (Å²) in [7, 11) is 0. The molecule has 0 amide bonds.